The Kier molecular flexibility index (Phi) is 3.59. The molecule has 3 aliphatic heterocycles. The summed E-state index contributed by atoms with van der Waals surface area (Å²) < 4.78 is 0. The number of rotatable bonds is 1. The lowest BCUT2D eigenvalue weighted by Gasteiger charge is -2.42. The topological polar surface area (TPSA) is 40.6 Å². The second-order valence-electron chi connectivity index (χ2n) is 7.49. The number of fused-ring (bicyclic) bond motifs is 5. The minimum absolute atomic E-state index is 0.0228. The molecule has 1 fully saturated rings. The maximum Gasteiger partial charge on any atom is 0.259 e. The van der Waals surface area contributed by atoms with Crippen LogP contribution in [0.1, 0.15) is 65.7 Å². The van der Waals surface area contributed by atoms with Crippen molar-refractivity contribution in [1.82, 2.24) is 4.90 Å². The van der Waals surface area contributed by atoms with E-state index < -0.39 is 0 Å². The number of anilines is 1. The van der Waals surface area contributed by atoms with E-state index in [-0.39, 0.29) is 23.9 Å². The van der Waals surface area contributed by atoms with Crippen molar-refractivity contribution in [2.75, 3.05) is 11.4 Å². The van der Waals surface area contributed by atoms with Crippen LogP contribution in [0.15, 0.2) is 48.5 Å². The molecule has 1 saturated heterocycles. The molecule has 2 unspecified atom stereocenters. The van der Waals surface area contributed by atoms with Gasteiger partial charge in [0, 0.05) is 24.2 Å². The summed E-state index contributed by atoms with van der Waals surface area (Å²) in [7, 11) is 0. The summed E-state index contributed by atoms with van der Waals surface area (Å²) in [4.78, 5) is 29.8. The molecule has 4 nitrogen and oxygen atoms in total. The van der Waals surface area contributed by atoms with Crippen LogP contribution >= 0.6 is 0 Å². The van der Waals surface area contributed by atoms with Gasteiger partial charge in [0.1, 0.15) is 0 Å². The van der Waals surface area contributed by atoms with Gasteiger partial charge in [-0.3, -0.25) is 9.59 Å². The first-order chi connectivity index (χ1) is 12.8. The lowest BCUT2D eigenvalue weighted by atomic mass is 9.88. The molecule has 2 aromatic rings. The molecule has 0 aromatic heterocycles. The van der Waals surface area contributed by atoms with Gasteiger partial charge in [0.05, 0.1) is 12.1 Å². The van der Waals surface area contributed by atoms with Crippen molar-refractivity contribution < 1.29 is 9.59 Å². The van der Waals surface area contributed by atoms with Crippen LogP contribution in [0.25, 0.3) is 0 Å². The molecule has 0 bridgehead atoms. The highest BCUT2D eigenvalue weighted by Crippen LogP contribution is 2.50. The predicted molar refractivity (Wildman–Crippen MR) is 100.0 cm³/mol. The first-order valence-corrected chi connectivity index (χ1v) is 9.56. The Morgan fingerprint density at radius 2 is 1.58 bits per heavy atom. The van der Waals surface area contributed by atoms with Gasteiger partial charge in [-0.25, -0.2) is 0 Å². The zero-order valence-corrected chi connectivity index (χ0v) is 14.7. The van der Waals surface area contributed by atoms with Crippen LogP contribution in [-0.2, 0) is 4.79 Å². The summed E-state index contributed by atoms with van der Waals surface area (Å²) in [5, 5.41) is 0. The van der Waals surface area contributed by atoms with E-state index in [1.54, 1.807) is 0 Å². The molecule has 5 rings (SSSR count). The standard InChI is InChI=1S/C22H22N2O2/c25-21-12-2-1-7-13-23(21)19-14-20-15-8-3-4-9-16(15)22(26)24(20)18-11-6-5-10-17(18)19/h3-6,8-11,19-20H,1-2,7,12-14H2. The molecule has 4 heteroatoms. The summed E-state index contributed by atoms with van der Waals surface area (Å²) in [6.45, 7) is 0.820. The van der Waals surface area contributed by atoms with E-state index in [2.05, 4.69) is 17.0 Å². The van der Waals surface area contributed by atoms with Gasteiger partial charge in [0.15, 0.2) is 0 Å². The maximum atomic E-state index is 13.0. The van der Waals surface area contributed by atoms with E-state index in [1.807, 2.05) is 41.3 Å². The molecule has 0 aliphatic carbocycles. The molecule has 3 aliphatic rings. The third-order valence-corrected chi connectivity index (χ3v) is 6.07. The summed E-state index contributed by atoms with van der Waals surface area (Å²) in [6.07, 6.45) is 4.59. The summed E-state index contributed by atoms with van der Waals surface area (Å²) in [6, 6.07) is 16.1. The van der Waals surface area contributed by atoms with Gasteiger partial charge in [0.25, 0.3) is 5.91 Å². The molecule has 0 radical (unpaired) electrons. The molecule has 0 saturated carbocycles. The average Bonchev–Trinajstić information content (AvgIpc) is 2.81. The van der Waals surface area contributed by atoms with Crippen LogP contribution < -0.4 is 4.90 Å². The number of carbonyl (C=O) groups is 2. The zero-order chi connectivity index (χ0) is 17.7. The van der Waals surface area contributed by atoms with Gasteiger partial charge < -0.3 is 9.80 Å². The largest absolute Gasteiger partial charge is 0.335 e. The number of hydrogen-bond donors (Lipinski definition) is 0. The van der Waals surface area contributed by atoms with Crippen molar-refractivity contribution in [2.24, 2.45) is 0 Å². The van der Waals surface area contributed by atoms with Crippen LogP contribution in [0.5, 0.6) is 0 Å². The molecule has 0 spiro atoms. The highest BCUT2D eigenvalue weighted by Gasteiger charge is 2.45. The Hall–Kier alpha value is -2.62. The van der Waals surface area contributed by atoms with E-state index in [0.29, 0.717) is 6.42 Å². The van der Waals surface area contributed by atoms with Crippen LogP contribution in [0.3, 0.4) is 0 Å². The number of carbonyl (C=O) groups excluding carboxylic acids is 2. The molecule has 26 heavy (non-hydrogen) atoms. The van der Waals surface area contributed by atoms with E-state index in [9.17, 15) is 9.59 Å². The van der Waals surface area contributed by atoms with E-state index in [0.717, 1.165) is 54.6 Å². The number of benzene rings is 2. The van der Waals surface area contributed by atoms with Crippen LogP contribution in [-0.4, -0.2) is 23.3 Å². The molecular formula is C22H22N2O2. The molecule has 2 atom stereocenters. The Labute approximate surface area is 153 Å². The lowest BCUT2D eigenvalue weighted by Crippen LogP contribution is -2.41. The fourth-order valence-corrected chi connectivity index (χ4v) is 4.86. The number of nitrogens with zero attached hydrogens (tertiary/aromatic N) is 2. The van der Waals surface area contributed by atoms with Crippen LogP contribution in [0.4, 0.5) is 5.69 Å². The Bertz CT molecular complexity index is 891. The van der Waals surface area contributed by atoms with Gasteiger partial charge in [-0.1, -0.05) is 42.8 Å². The van der Waals surface area contributed by atoms with E-state index >= 15 is 0 Å². The highest BCUT2D eigenvalue weighted by molar-refractivity contribution is 6.11. The first kappa shape index (κ1) is 15.6. The quantitative estimate of drug-likeness (QED) is 0.775. The zero-order valence-electron chi connectivity index (χ0n) is 14.7. The van der Waals surface area contributed by atoms with Crippen molar-refractivity contribution in [2.45, 2.75) is 44.2 Å². The third kappa shape index (κ3) is 2.21. The number of amides is 2. The van der Waals surface area contributed by atoms with Gasteiger partial charge in [-0.2, -0.15) is 0 Å². The van der Waals surface area contributed by atoms with Gasteiger partial charge in [-0.05, 0) is 42.5 Å². The van der Waals surface area contributed by atoms with E-state index in [1.165, 1.54) is 0 Å². The monoisotopic (exact) mass is 346 g/mol. The smallest absolute Gasteiger partial charge is 0.259 e. The number of hydrogen-bond acceptors (Lipinski definition) is 2. The lowest BCUT2D eigenvalue weighted by molar-refractivity contribution is -0.133. The van der Waals surface area contributed by atoms with E-state index in [4.69, 9.17) is 0 Å². The summed E-state index contributed by atoms with van der Waals surface area (Å²) >= 11 is 0. The second-order valence-corrected chi connectivity index (χ2v) is 7.49. The normalized spacial score (nSPS) is 24.8. The molecule has 2 amide bonds. The minimum atomic E-state index is 0.0228. The minimum Gasteiger partial charge on any atom is -0.335 e. The summed E-state index contributed by atoms with van der Waals surface area (Å²) in [5.74, 6) is 0.340. The van der Waals surface area contributed by atoms with Crippen LogP contribution in [0.2, 0.25) is 0 Å². The molecule has 2 aromatic carbocycles. The number of likely N-dealkylation sites (tertiary alicyclic amines) is 1. The first-order valence-electron chi connectivity index (χ1n) is 9.56. The van der Waals surface area contributed by atoms with Crippen molar-refractivity contribution >= 4 is 17.5 Å². The Balaban J connectivity index is 1.63. The Morgan fingerprint density at radius 3 is 2.46 bits per heavy atom. The molecular weight excluding hydrogens is 324 g/mol. The predicted octanol–water partition coefficient (Wildman–Crippen LogP) is 4.24. The van der Waals surface area contributed by atoms with Gasteiger partial charge in [-0.15, -0.1) is 0 Å². The molecule has 132 valence electrons. The maximum absolute atomic E-state index is 13.0. The SMILES string of the molecule is O=C1CCCCCN1C1CC2c3ccccc3C(=O)N2c2ccccc21. The fraction of sp³-hybridized carbons (Fsp3) is 0.364. The Morgan fingerprint density at radius 1 is 0.808 bits per heavy atom. The third-order valence-electron chi connectivity index (χ3n) is 6.07. The summed E-state index contributed by atoms with van der Waals surface area (Å²) in [5.41, 5.74) is 3.97. The fourth-order valence-electron chi connectivity index (χ4n) is 4.86. The second kappa shape index (κ2) is 5.97. The van der Waals surface area contributed by atoms with Crippen molar-refractivity contribution in [3.63, 3.8) is 0 Å². The van der Waals surface area contributed by atoms with Crippen molar-refractivity contribution in [3.05, 3.63) is 65.2 Å². The van der Waals surface area contributed by atoms with Crippen LogP contribution in [0, 0.1) is 0 Å². The molecule has 3 heterocycles. The number of para-hydroxylation sites is 1. The van der Waals surface area contributed by atoms with Crippen molar-refractivity contribution in [3.8, 4) is 0 Å². The highest BCUT2D eigenvalue weighted by atomic mass is 16.2. The van der Waals surface area contributed by atoms with Gasteiger partial charge >= 0.3 is 0 Å². The van der Waals surface area contributed by atoms with Gasteiger partial charge in [0.2, 0.25) is 5.91 Å². The average molecular weight is 346 g/mol. The molecule has 0 N–H and O–H groups in total. The van der Waals surface area contributed by atoms with Crippen molar-refractivity contribution in [1.29, 1.82) is 0 Å².